The van der Waals surface area contributed by atoms with Gasteiger partial charge in [0.25, 0.3) is 0 Å². The van der Waals surface area contributed by atoms with Gasteiger partial charge in [0.05, 0.1) is 22.8 Å². The van der Waals surface area contributed by atoms with Crippen LogP contribution in [0.1, 0.15) is 18.1 Å². The lowest BCUT2D eigenvalue weighted by Crippen LogP contribution is -2.15. The second kappa shape index (κ2) is 9.74. The minimum Gasteiger partial charge on any atom is -0.487 e. The molecule has 0 aromatic heterocycles. The molecule has 0 aliphatic rings. The lowest BCUT2D eigenvalue weighted by molar-refractivity contribution is 0.376. The maximum atomic E-state index is 6.43. The molecule has 0 aliphatic heterocycles. The lowest BCUT2D eigenvalue weighted by atomic mass is 10.0. The third-order valence-electron chi connectivity index (χ3n) is 3.94. The van der Waals surface area contributed by atoms with E-state index in [4.69, 9.17) is 16.3 Å². The smallest absolute Gasteiger partial charge is 0.130 e. The molecule has 2 aromatic carbocycles. The van der Waals surface area contributed by atoms with E-state index in [1.807, 2.05) is 55.3 Å². The van der Waals surface area contributed by atoms with E-state index < -0.39 is 0 Å². The molecule has 138 valence electrons. The van der Waals surface area contributed by atoms with Gasteiger partial charge in [-0.1, -0.05) is 33.6 Å². The van der Waals surface area contributed by atoms with Crippen LogP contribution in [-0.4, -0.2) is 44.2 Å². The van der Waals surface area contributed by atoms with Crippen molar-refractivity contribution in [3.8, 4) is 5.75 Å². The van der Waals surface area contributed by atoms with Crippen LogP contribution in [-0.2, 0) is 0 Å². The Morgan fingerprint density at radius 3 is 2.73 bits per heavy atom. The first-order valence-electron chi connectivity index (χ1n) is 8.33. The van der Waals surface area contributed by atoms with Crippen LogP contribution in [0.3, 0.4) is 0 Å². The van der Waals surface area contributed by atoms with Crippen LogP contribution in [0.25, 0.3) is 0 Å². The molecule has 0 heterocycles. The minimum atomic E-state index is 0.366. The third-order valence-corrected chi connectivity index (χ3v) is 4.74. The number of hydrogen-bond acceptors (Lipinski definition) is 3. The molecule has 0 saturated carbocycles. The average Bonchev–Trinajstić information content (AvgIpc) is 2.63. The van der Waals surface area contributed by atoms with Crippen LogP contribution in [0.4, 0.5) is 5.69 Å². The van der Waals surface area contributed by atoms with Gasteiger partial charge in [0.15, 0.2) is 0 Å². The molecule has 4 nitrogen and oxygen atoms in total. The van der Waals surface area contributed by atoms with Crippen molar-refractivity contribution < 1.29 is 4.74 Å². The summed E-state index contributed by atoms with van der Waals surface area (Å²) in [5.74, 6) is 0.785. The van der Waals surface area contributed by atoms with Gasteiger partial charge in [-0.3, -0.25) is 4.99 Å². The third kappa shape index (κ3) is 5.58. The van der Waals surface area contributed by atoms with Crippen LogP contribution in [0.2, 0.25) is 5.02 Å². The Hall–Kier alpha value is -1.85. The van der Waals surface area contributed by atoms with Gasteiger partial charge in [0.2, 0.25) is 0 Å². The number of halogens is 2. The number of benzene rings is 2. The molecule has 0 atom stereocenters. The van der Waals surface area contributed by atoms with E-state index in [2.05, 4.69) is 32.8 Å². The zero-order chi connectivity index (χ0) is 19.1. The first-order valence-corrected chi connectivity index (χ1v) is 9.50. The summed E-state index contributed by atoms with van der Waals surface area (Å²) in [6.45, 7) is 5.35. The Balaban J connectivity index is 2.20. The summed E-state index contributed by atoms with van der Waals surface area (Å²) in [5.41, 5.74) is 3.61. The zero-order valence-corrected chi connectivity index (χ0v) is 17.8. The van der Waals surface area contributed by atoms with Gasteiger partial charge in [-0.2, -0.15) is 0 Å². The molecule has 2 aromatic rings. The Labute approximate surface area is 168 Å². The molecule has 6 heteroatoms. The van der Waals surface area contributed by atoms with Crippen molar-refractivity contribution in [3.05, 3.63) is 57.0 Å². The standard InChI is InChI=1S/C20H23BrClN3O/c1-5-25(4)13-24-19-9-14(2)17(11-18(19)22)20(23-3)12-26-16-8-6-7-15(21)10-16/h6-11,13H,5,12H2,1-4H3/b23-20+,24-13-. The predicted molar refractivity (Wildman–Crippen MR) is 115 cm³/mol. The second-order valence-corrected chi connectivity index (χ2v) is 7.18. The average molecular weight is 437 g/mol. The zero-order valence-electron chi connectivity index (χ0n) is 15.5. The van der Waals surface area contributed by atoms with Crippen LogP contribution < -0.4 is 4.74 Å². The Morgan fingerprint density at radius 1 is 1.31 bits per heavy atom. The molecular weight excluding hydrogens is 414 g/mol. The molecular formula is C20H23BrClN3O. The molecule has 26 heavy (non-hydrogen) atoms. The summed E-state index contributed by atoms with van der Waals surface area (Å²) in [5, 5.41) is 0.593. The van der Waals surface area contributed by atoms with Crippen molar-refractivity contribution in [1.82, 2.24) is 4.90 Å². The number of aryl methyl sites for hydroxylation is 1. The van der Waals surface area contributed by atoms with E-state index in [0.29, 0.717) is 11.6 Å². The molecule has 0 radical (unpaired) electrons. The van der Waals surface area contributed by atoms with Gasteiger partial charge in [0, 0.05) is 30.7 Å². The van der Waals surface area contributed by atoms with Crippen LogP contribution in [0, 0.1) is 6.92 Å². The normalized spacial score (nSPS) is 11.8. The lowest BCUT2D eigenvalue weighted by Gasteiger charge is -2.13. The highest BCUT2D eigenvalue weighted by atomic mass is 79.9. The van der Waals surface area contributed by atoms with Crippen LogP contribution >= 0.6 is 27.5 Å². The molecule has 0 aliphatic carbocycles. The van der Waals surface area contributed by atoms with E-state index in [9.17, 15) is 0 Å². The summed E-state index contributed by atoms with van der Waals surface area (Å²) in [4.78, 5) is 10.8. The molecule has 2 rings (SSSR count). The van der Waals surface area contributed by atoms with Gasteiger partial charge in [-0.15, -0.1) is 0 Å². The maximum Gasteiger partial charge on any atom is 0.130 e. The fraction of sp³-hybridized carbons (Fsp3) is 0.300. The largest absolute Gasteiger partial charge is 0.487 e. The molecule has 0 N–H and O–H groups in total. The fourth-order valence-corrected chi connectivity index (χ4v) is 2.88. The fourth-order valence-electron chi connectivity index (χ4n) is 2.29. The van der Waals surface area contributed by atoms with E-state index >= 15 is 0 Å². The van der Waals surface area contributed by atoms with Gasteiger partial charge >= 0.3 is 0 Å². The van der Waals surface area contributed by atoms with Crippen molar-refractivity contribution in [3.63, 3.8) is 0 Å². The van der Waals surface area contributed by atoms with Crippen molar-refractivity contribution in [2.24, 2.45) is 9.98 Å². The van der Waals surface area contributed by atoms with E-state index in [1.54, 1.807) is 13.4 Å². The monoisotopic (exact) mass is 435 g/mol. The number of aliphatic imine (C=N–C) groups is 2. The predicted octanol–water partition coefficient (Wildman–Crippen LogP) is 5.52. The molecule has 0 saturated heterocycles. The Morgan fingerprint density at radius 2 is 2.08 bits per heavy atom. The first kappa shape index (κ1) is 20.5. The first-order chi connectivity index (χ1) is 12.4. The van der Waals surface area contributed by atoms with Gasteiger partial charge in [0.1, 0.15) is 12.4 Å². The molecule has 0 unspecified atom stereocenters. The van der Waals surface area contributed by atoms with Gasteiger partial charge in [-0.05, 0) is 49.7 Å². The molecule has 0 spiro atoms. The van der Waals surface area contributed by atoms with Crippen molar-refractivity contribution in [2.45, 2.75) is 13.8 Å². The summed E-state index contributed by atoms with van der Waals surface area (Å²) < 4.78 is 6.85. The Kier molecular flexibility index (Phi) is 7.66. The van der Waals surface area contributed by atoms with E-state index in [-0.39, 0.29) is 0 Å². The number of nitrogens with zero attached hydrogens (tertiary/aromatic N) is 3. The number of hydrogen-bond donors (Lipinski definition) is 0. The van der Waals surface area contributed by atoms with Crippen LogP contribution in [0.15, 0.2) is 50.9 Å². The quantitative estimate of drug-likeness (QED) is 0.423. The highest BCUT2D eigenvalue weighted by molar-refractivity contribution is 9.10. The SMILES string of the molecule is CCN(C)/C=N\c1cc(C)c(/C(COc2cccc(Br)c2)=N/C)cc1Cl. The summed E-state index contributed by atoms with van der Waals surface area (Å²) >= 11 is 9.88. The van der Waals surface area contributed by atoms with Gasteiger partial charge < -0.3 is 9.64 Å². The van der Waals surface area contributed by atoms with E-state index in [0.717, 1.165) is 39.3 Å². The molecule has 0 fully saturated rings. The highest BCUT2D eigenvalue weighted by Gasteiger charge is 2.12. The minimum absolute atomic E-state index is 0.366. The summed E-state index contributed by atoms with van der Waals surface area (Å²) in [6, 6.07) is 11.6. The second-order valence-electron chi connectivity index (χ2n) is 5.85. The topological polar surface area (TPSA) is 37.2 Å². The Bertz CT molecular complexity index is 821. The summed E-state index contributed by atoms with van der Waals surface area (Å²) in [7, 11) is 3.73. The van der Waals surface area contributed by atoms with E-state index in [1.165, 1.54) is 0 Å². The number of ether oxygens (including phenoxy) is 1. The molecule has 0 amide bonds. The van der Waals surface area contributed by atoms with Crippen molar-refractivity contribution in [1.29, 1.82) is 0 Å². The van der Waals surface area contributed by atoms with Crippen molar-refractivity contribution in [2.75, 3.05) is 27.2 Å². The van der Waals surface area contributed by atoms with Crippen molar-refractivity contribution >= 4 is 45.3 Å². The van der Waals surface area contributed by atoms with Gasteiger partial charge in [-0.25, -0.2) is 4.99 Å². The maximum absolute atomic E-state index is 6.43. The van der Waals surface area contributed by atoms with Crippen LogP contribution in [0.5, 0.6) is 5.75 Å². The molecule has 0 bridgehead atoms. The summed E-state index contributed by atoms with van der Waals surface area (Å²) in [6.07, 6.45) is 1.78. The highest BCUT2D eigenvalue weighted by Crippen LogP contribution is 2.29. The number of rotatable bonds is 7.